The van der Waals surface area contributed by atoms with E-state index in [1.165, 1.54) is 321 Å². The molecule has 0 amide bonds. The van der Waals surface area contributed by atoms with Crippen LogP contribution in [0.2, 0.25) is 0 Å². The molecule has 54 heavy (non-hydrogen) atoms. The van der Waals surface area contributed by atoms with Gasteiger partial charge in [-0.05, 0) is 5.92 Å². The van der Waals surface area contributed by atoms with Crippen LogP contribution in [0.25, 0.3) is 0 Å². The molecule has 0 aromatic rings. The van der Waals surface area contributed by atoms with E-state index in [0.717, 1.165) is 5.92 Å². The minimum absolute atomic E-state index is 1.03. The van der Waals surface area contributed by atoms with Crippen molar-refractivity contribution in [3.63, 3.8) is 0 Å². The van der Waals surface area contributed by atoms with Crippen molar-refractivity contribution in [2.75, 3.05) is 0 Å². The van der Waals surface area contributed by atoms with E-state index in [1.807, 2.05) is 0 Å². The van der Waals surface area contributed by atoms with Crippen LogP contribution >= 0.6 is 0 Å². The lowest BCUT2D eigenvalue weighted by atomic mass is 9.89. The summed E-state index contributed by atoms with van der Waals surface area (Å²) >= 11 is 0. The van der Waals surface area contributed by atoms with Gasteiger partial charge in [-0.3, -0.25) is 0 Å². The number of hydrogen-bond donors (Lipinski definition) is 0. The zero-order valence-electron chi connectivity index (χ0n) is 38.9. The van der Waals surface area contributed by atoms with E-state index in [2.05, 4.69) is 20.8 Å². The van der Waals surface area contributed by atoms with Crippen molar-refractivity contribution in [2.24, 2.45) is 5.92 Å². The lowest BCUT2D eigenvalue weighted by Crippen LogP contribution is -2.01. The Balaban J connectivity index is 3.93. The molecular weight excluding hydrogens is 649 g/mol. The van der Waals surface area contributed by atoms with E-state index < -0.39 is 0 Å². The summed E-state index contributed by atoms with van der Waals surface area (Å²) in [6.07, 6.45) is 74.3. The van der Waals surface area contributed by atoms with Crippen LogP contribution < -0.4 is 0 Å². The van der Waals surface area contributed by atoms with Gasteiger partial charge >= 0.3 is 0 Å². The fraction of sp³-hybridized carbons (Fsp3) is 1.00. The highest BCUT2D eigenvalue weighted by Gasteiger charge is 2.09. The summed E-state index contributed by atoms with van der Waals surface area (Å²) in [5, 5.41) is 0. The number of hydrogen-bond acceptors (Lipinski definition) is 0. The van der Waals surface area contributed by atoms with Gasteiger partial charge in [-0.1, -0.05) is 342 Å². The first-order valence-electron chi connectivity index (χ1n) is 26.8. The van der Waals surface area contributed by atoms with Gasteiger partial charge in [-0.2, -0.15) is 0 Å². The third-order valence-corrected chi connectivity index (χ3v) is 13.1. The molecule has 0 rings (SSSR count). The highest BCUT2D eigenvalue weighted by Crippen LogP contribution is 2.25. The molecule has 0 nitrogen and oxygen atoms in total. The van der Waals surface area contributed by atoms with Crippen LogP contribution in [0.5, 0.6) is 0 Å². The molecule has 0 spiro atoms. The first-order valence-corrected chi connectivity index (χ1v) is 26.8. The van der Waals surface area contributed by atoms with Crippen molar-refractivity contribution in [1.82, 2.24) is 0 Å². The zero-order valence-corrected chi connectivity index (χ0v) is 38.9. The molecule has 0 N–H and O–H groups in total. The van der Waals surface area contributed by atoms with Crippen molar-refractivity contribution >= 4 is 0 Å². The van der Waals surface area contributed by atoms with E-state index >= 15 is 0 Å². The molecule has 0 aliphatic heterocycles. The molecular formula is C54H110. The fourth-order valence-corrected chi connectivity index (χ4v) is 9.20. The monoisotopic (exact) mass is 759 g/mol. The molecule has 0 saturated carbocycles. The van der Waals surface area contributed by atoms with Gasteiger partial charge in [0.2, 0.25) is 0 Å². The lowest BCUT2D eigenvalue weighted by molar-refractivity contribution is 0.365. The largest absolute Gasteiger partial charge is 0.0654 e. The minimum Gasteiger partial charge on any atom is -0.0654 e. The van der Waals surface area contributed by atoms with Gasteiger partial charge in [0.1, 0.15) is 0 Å². The maximum Gasteiger partial charge on any atom is -0.0414 e. The predicted octanol–water partition coefficient (Wildman–Crippen LogP) is 21.2. The number of rotatable bonds is 50. The highest BCUT2D eigenvalue weighted by molar-refractivity contribution is 4.63. The second-order valence-electron chi connectivity index (χ2n) is 18.8. The highest BCUT2D eigenvalue weighted by atomic mass is 14.2. The maximum absolute atomic E-state index is 2.32. The Bertz CT molecular complexity index is 607. The third kappa shape index (κ3) is 48.1. The zero-order chi connectivity index (χ0) is 38.9. The van der Waals surface area contributed by atoms with Crippen molar-refractivity contribution in [1.29, 1.82) is 0 Å². The molecule has 1 unspecified atom stereocenters. The van der Waals surface area contributed by atoms with E-state index in [9.17, 15) is 0 Å². The SMILES string of the molecule is CCCCCCCCCCCCCCCCCCCC(CCCCCCCCCCCCCCCC)CCCCCCCCCCCCCCCCCC. The van der Waals surface area contributed by atoms with Crippen molar-refractivity contribution in [3.05, 3.63) is 0 Å². The molecule has 0 aromatic heterocycles. The summed E-state index contributed by atoms with van der Waals surface area (Å²) in [7, 11) is 0. The van der Waals surface area contributed by atoms with E-state index in [4.69, 9.17) is 0 Å². The summed E-state index contributed by atoms with van der Waals surface area (Å²) in [5.41, 5.74) is 0. The summed E-state index contributed by atoms with van der Waals surface area (Å²) < 4.78 is 0. The number of unbranched alkanes of at least 4 members (excludes halogenated alkanes) is 44. The summed E-state index contributed by atoms with van der Waals surface area (Å²) in [6.45, 7) is 6.96. The van der Waals surface area contributed by atoms with E-state index in [-0.39, 0.29) is 0 Å². The standard InChI is InChI=1S/C54H110/c1-4-7-10-13-16-19-22-25-28-30-32-35-38-41-44-47-50-53-54(51-48-45-42-39-36-33-27-24-21-18-15-12-9-6-3)52-49-46-43-40-37-34-31-29-26-23-20-17-14-11-8-5-2/h54H,4-53H2,1-3H3. The van der Waals surface area contributed by atoms with Crippen molar-refractivity contribution in [3.8, 4) is 0 Å². The van der Waals surface area contributed by atoms with E-state index in [0.29, 0.717) is 0 Å². The fourth-order valence-electron chi connectivity index (χ4n) is 9.20. The van der Waals surface area contributed by atoms with Crippen LogP contribution in [0.3, 0.4) is 0 Å². The molecule has 0 aromatic carbocycles. The van der Waals surface area contributed by atoms with Gasteiger partial charge in [0.05, 0.1) is 0 Å². The minimum atomic E-state index is 1.03. The Kier molecular flexibility index (Phi) is 51.0. The Morgan fingerprint density at radius 3 is 0.389 bits per heavy atom. The average molecular weight is 759 g/mol. The molecule has 0 fully saturated rings. The predicted molar refractivity (Wildman–Crippen MR) is 251 cm³/mol. The van der Waals surface area contributed by atoms with Gasteiger partial charge < -0.3 is 0 Å². The van der Waals surface area contributed by atoms with Crippen LogP contribution in [0.1, 0.15) is 342 Å². The van der Waals surface area contributed by atoms with Gasteiger partial charge in [-0.25, -0.2) is 0 Å². The van der Waals surface area contributed by atoms with Gasteiger partial charge in [0.15, 0.2) is 0 Å². The van der Waals surface area contributed by atoms with Crippen molar-refractivity contribution < 1.29 is 0 Å². The molecule has 0 heterocycles. The molecule has 0 saturated heterocycles. The Morgan fingerprint density at radius 2 is 0.259 bits per heavy atom. The normalized spacial score (nSPS) is 12.3. The molecule has 1 atom stereocenters. The quantitative estimate of drug-likeness (QED) is 0.0542. The summed E-state index contributed by atoms with van der Waals surface area (Å²) in [5.74, 6) is 1.03. The van der Waals surface area contributed by atoms with Crippen LogP contribution in [-0.4, -0.2) is 0 Å². The molecule has 326 valence electrons. The average Bonchev–Trinajstić information content (AvgIpc) is 3.18. The molecule has 0 aliphatic rings. The Labute approximate surface area is 346 Å². The van der Waals surface area contributed by atoms with Crippen LogP contribution in [0.4, 0.5) is 0 Å². The molecule has 0 bridgehead atoms. The maximum atomic E-state index is 2.32. The molecule has 0 radical (unpaired) electrons. The van der Waals surface area contributed by atoms with Crippen LogP contribution in [-0.2, 0) is 0 Å². The van der Waals surface area contributed by atoms with Crippen molar-refractivity contribution in [2.45, 2.75) is 342 Å². The topological polar surface area (TPSA) is 0 Å². The Hall–Kier alpha value is 0. The molecule has 0 heteroatoms. The van der Waals surface area contributed by atoms with Crippen LogP contribution in [0.15, 0.2) is 0 Å². The first-order chi connectivity index (χ1) is 26.8. The smallest absolute Gasteiger partial charge is 0.0414 e. The van der Waals surface area contributed by atoms with Gasteiger partial charge in [-0.15, -0.1) is 0 Å². The van der Waals surface area contributed by atoms with Gasteiger partial charge in [0, 0.05) is 0 Å². The second kappa shape index (κ2) is 51.0. The molecule has 0 aliphatic carbocycles. The van der Waals surface area contributed by atoms with E-state index in [1.54, 1.807) is 0 Å². The van der Waals surface area contributed by atoms with Crippen LogP contribution in [0, 0.1) is 5.92 Å². The second-order valence-corrected chi connectivity index (χ2v) is 18.8. The summed E-state index contributed by atoms with van der Waals surface area (Å²) in [6, 6.07) is 0. The third-order valence-electron chi connectivity index (χ3n) is 13.1. The Morgan fingerprint density at radius 1 is 0.148 bits per heavy atom. The first kappa shape index (κ1) is 54.0. The summed E-state index contributed by atoms with van der Waals surface area (Å²) in [4.78, 5) is 0. The van der Waals surface area contributed by atoms with Gasteiger partial charge in [0.25, 0.3) is 0 Å². The lowest BCUT2D eigenvalue weighted by Gasteiger charge is -2.17.